The maximum absolute atomic E-state index is 11.9. The second-order valence-corrected chi connectivity index (χ2v) is 6.34. The van der Waals surface area contributed by atoms with Crippen LogP contribution in [0.1, 0.15) is 25.0 Å². The third kappa shape index (κ3) is 3.25. The summed E-state index contributed by atoms with van der Waals surface area (Å²) in [5, 5.41) is 5.52. The Morgan fingerprint density at radius 2 is 1.92 bits per heavy atom. The Kier molecular flexibility index (Phi) is 4.25. The topological polar surface area (TPSA) is 67.4 Å². The Balaban J connectivity index is 1.56. The highest BCUT2D eigenvalue weighted by Gasteiger charge is 2.38. The van der Waals surface area contributed by atoms with Crippen LogP contribution < -0.4 is 10.6 Å². The number of fused-ring (bicyclic) bond motifs is 1. The van der Waals surface area contributed by atoms with Crippen molar-refractivity contribution in [2.24, 2.45) is 0 Å². The van der Waals surface area contributed by atoms with Crippen molar-refractivity contribution in [1.29, 1.82) is 0 Å². The fraction of sp³-hybridized carbons (Fsp3) is 0.263. The van der Waals surface area contributed by atoms with Crippen LogP contribution in [0.4, 0.5) is 16.2 Å². The van der Waals surface area contributed by atoms with Crippen molar-refractivity contribution in [2.75, 3.05) is 17.2 Å². The molecule has 24 heavy (non-hydrogen) atoms. The smallest absolute Gasteiger partial charge is 0.411 e. The summed E-state index contributed by atoms with van der Waals surface area (Å²) in [7, 11) is 0. The van der Waals surface area contributed by atoms with Crippen molar-refractivity contribution >= 4 is 23.4 Å². The Morgan fingerprint density at radius 1 is 1.17 bits per heavy atom. The summed E-state index contributed by atoms with van der Waals surface area (Å²) in [5.74, 6) is -0.0416. The third-order valence-corrected chi connectivity index (χ3v) is 4.22. The van der Waals surface area contributed by atoms with Gasteiger partial charge in [0.05, 0.1) is 12.0 Å². The third-order valence-electron chi connectivity index (χ3n) is 4.22. The molecule has 0 radical (unpaired) electrons. The standard InChI is InChI=1S/C19H20N2O3/c1-19(2)15-9-8-14(12-16(15)21-17(19)22)20-18(23)24-11-10-13-6-4-3-5-7-13/h3-9,12H,10-11H2,1-2H3,(H,20,23)(H,21,22). The minimum Gasteiger partial charge on any atom is -0.449 e. The molecule has 0 unspecified atom stereocenters. The van der Waals surface area contributed by atoms with Crippen LogP contribution in [0.3, 0.4) is 0 Å². The summed E-state index contributed by atoms with van der Waals surface area (Å²) in [6, 6.07) is 15.2. The molecule has 0 saturated heterocycles. The molecule has 2 aromatic rings. The molecule has 0 aliphatic carbocycles. The second kappa shape index (κ2) is 6.35. The zero-order chi connectivity index (χ0) is 17.2. The number of hydrogen-bond donors (Lipinski definition) is 2. The molecule has 3 rings (SSSR count). The summed E-state index contributed by atoms with van der Waals surface area (Å²) < 4.78 is 5.19. The minimum atomic E-state index is -0.552. The molecule has 2 amide bonds. The number of rotatable bonds is 4. The van der Waals surface area contributed by atoms with E-state index in [-0.39, 0.29) is 5.91 Å². The predicted octanol–water partition coefficient (Wildman–Crippen LogP) is 3.71. The Bertz CT molecular complexity index is 769. The van der Waals surface area contributed by atoms with E-state index in [0.717, 1.165) is 16.8 Å². The summed E-state index contributed by atoms with van der Waals surface area (Å²) in [6.07, 6.45) is 0.164. The zero-order valence-corrected chi connectivity index (χ0v) is 13.8. The van der Waals surface area contributed by atoms with Crippen LogP contribution in [0, 0.1) is 0 Å². The largest absolute Gasteiger partial charge is 0.449 e. The van der Waals surface area contributed by atoms with Gasteiger partial charge in [-0.25, -0.2) is 4.79 Å². The molecule has 0 spiro atoms. The first kappa shape index (κ1) is 16.1. The molecular formula is C19H20N2O3. The van der Waals surface area contributed by atoms with Gasteiger partial charge in [-0.2, -0.15) is 0 Å². The van der Waals surface area contributed by atoms with Crippen molar-refractivity contribution in [3.8, 4) is 0 Å². The molecule has 2 aromatic carbocycles. The van der Waals surface area contributed by atoms with Crippen LogP contribution in [0.25, 0.3) is 0 Å². The van der Waals surface area contributed by atoms with Crippen LogP contribution in [-0.2, 0) is 21.4 Å². The molecule has 0 aromatic heterocycles. The fourth-order valence-corrected chi connectivity index (χ4v) is 2.73. The Hall–Kier alpha value is -2.82. The van der Waals surface area contributed by atoms with Gasteiger partial charge in [0.2, 0.25) is 5.91 Å². The van der Waals surface area contributed by atoms with E-state index in [4.69, 9.17) is 4.74 Å². The fourth-order valence-electron chi connectivity index (χ4n) is 2.73. The molecule has 0 atom stereocenters. The lowest BCUT2D eigenvalue weighted by atomic mass is 9.86. The number of hydrogen-bond acceptors (Lipinski definition) is 3. The van der Waals surface area contributed by atoms with Crippen LogP contribution in [0.5, 0.6) is 0 Å². The van der Waals surface area contributed by atoms with E-state index in [1.807, 2.05) is 50.2 Å². The lowest BCUT2D eigenvalue weighted by Crippen LogP contribution is -2.26. The van der Waals surface area contributed by atoms with Crippen molar-refractivity contribution in [3.05, 3.63) is 59.7 Å². The molecule has 1 aliphatic heterocycles. The van der Waals surface area contributed by atoms with Crippen LogP contribution in [0.15, 0.2) is 48.5 Å². The van der Waals surface area contributed by atoms with Crippen LogP contribution in [-0.4, -0.2) is 18.6 Å². The van der Waals surface area contributed by atoms with Crippen molar-refractivity contribution in [1.82, 2.24) is 0 Å². The number of ether oxygens (including phenoxy) is 1. The Labute approximate surface area is 141 Å². The maximum Gasteiger partial charge on any atom is 0.411 e. The second-order valence-electron chi connectivity index (χ2n) is 6.34. The molecule has 1 aliphatic rings. The van der Waals surface area contributed by atoms with Gasteiger partial charge in [-0.05, 0) is 37.1 Å². The molecule has 0 bridgehead atoms. The molecule has 5 heteroatoms. The van der Waals surface area contributed by atoms with Crippen molar-refractivity contribution in [2.45, 2.75) is 25.7 Å². The number of amides is 2. The number of carbonyl (C=O) groups is 2. The number of benzene rings is 2. The van der Waals surface area contributed by atoms with E-state index in [1.54, 1.807) is 12.1 Å². The van der Waals surface area contributed by atoms with Gasteiger partial charge in [-0.1, -0.05) is 36.4 Å². The SMILES string of the molecule is CC1(C)C(=O)Nc2cc(NC(=O)OCCc3ccccc3)ccc21. The summed E-state index contributed by atoms with van der Waals surface area (Å²) in [4.78, 5) is 23.8. The van der Waals surface area contributed by atoms with Gasteiger partial charge >= 0.3 is 6.09 Å². The van der Waals surface area contributed by atoms with Gasteiger partial charge in [0, 0.05) is 17.8 Å². The minimum absolute atomic E-state index is 0.0416. The summed E-state index contributed by atoms with van der Waals surface area (Å²) >= 11 is 0. The summed E-state index contributed by atoms with van der Waals surface area (Å²) in [5.41, 5.74) is 2.82. The molecule has 5 nitrogen and oxygen atoms in total. The quantitative estimate of drug-likeness (QED) is 0.901. The number of carbonyl (C=O) groups excluding carboxylic acids is 2. The van der Waals surface area contributed by atoms with Gasteiger partial charge in [0.15, 0.2) is 0 Å². The summed E-state index contributed by atoms with van der Waals surface area (Å²) in [6.45, 7) is 4.06. The average Bonchev–Trinajstić information content (AvgIpc) is 2.77. The van der Waals surface area contributed by atoms with Crippen LogP contribution in [0.2, 0.25) is 0 Å². The zero-order valence-electron chi connectivity index (χ0n) is 13.8. The number of anilines is 2. The van der Waals surface area contributed by atoms with Crippen LogP contribution >= 0.6 is 0 Å². The normalized spacial score (nSPS) is 14.7. The first-order valence-corrected chi connectivity index (χ1v) is 7.90. The van der Waals surface area contributed by atoms with E-state index in [1.165, 1.54) is 0 Å². The first-order valence-electron chi connectivity index (χ1n) is 7.90. The molecule has 2 N–H and O–H groups in total. The number of nitrogens with one attached hydrogen (secondary N) is 2. The molecular weight excluding hydrogens is 304 g/mol. The molecule has 0 fully saturated rings. The molecule has 1 heterocycles. The van der Waals surface area contributed by atoms with Gasteiger partial charge in [-0.15, -0.1) is 0 Å². The Morgan fingerprint density at radius 3 is 2.67 bits per heavy atom. The van der Waals surface area contributed by atoms with Gasteiger partial charge in [0.1, 0.15) is 0 Å². The average molecular weight is 324 g/mol. The molecule has 124 valence electrons. The van der Waals surface area contributed by atoms with E-state index in [9.17, 15) is 9.59 Å². The monoisotopic (exact) mass is 324 g/mol. The highest BCUT2D eigenvalue weighted by Crippen LogP contribution is 2.38. The van der Waals surface area contributed by atoms with E-state index < -0.39 is 11.5 Å². The lowest BCUT2D eigenvalue weighted by Gasteiger charge is -2.15. The predicted molar refractivity (Wildman–Crippen MR) is 93.2 cm³/mol. The van der Waals surface area contributed by atoms with E-state index in [2.05, 4.69) is 10.6 Å². The lowest BCUT2D eigenvalue weighted by molar-refractivity contribution is -0.119. The van der Waals surface area contributed by atoms with Gasteiger partial charge in [0.25, 0.3) is 0 Å². The highest BCUT2D eigenvalue weighted by atomic mass is 16.5. The van der Waals surface area contributed by atoms with Crippen molar-refractivity contribution < 1.29 is 14.3 Å². The van der Waals surface area contributed by atoms with Gasteiger partial charge in [-0.3, -0.25) is 10.1 Å². The maximum atomic E-state index is 11.9. The van der Waals surface area contributed by atoms with Crippen molar-refractivity contribution in [3.63, 3.8) is 0 Å². The highest BCUT2D eigenvalue weighted by molar-refractivity contribution is 6.06. The van der Waals surface area contributed by atoms with Gasteiger partial charge < -0.3 is 10.1 Å². The molecule has 0 saturated carbocycles. The first-order chi connectivity index (χ1) is 11.5. The van der Waals surface area contributed by atoms with E-state index >= 15 is 0 Å². The van der Waals surface area contributed by atoms with E-state index in [0.29, 0.717) is 18.7 Å².